The highest BCUT2D eigenvalue weighted by atomic mass is 16.5. The van der Waals surface area contributed by atoms with Crippen molar-refractivity contribution in [2.75, 3.05) is 32.8 Å². The van der Waals surface area contributed by atoms with Crippen molar-refractivity contribution < 1.29 is 4.74 Å². The van der Waals surface area contributed by atoms with Crippen LogP contribution in [0, 0.1) is 0 Å². The predicted molar refractivity (Wildman–Crippen MR) is 103 cm³/mol. The molecule has 0 aliphatic carbocycles. The summed E-state index contributed by atoms with van der Waals surface area (Å²) >= 11 is 0. The smallest absolute Gasteiger partial charge is 0.0839 e. The highest BCUT2D eigenvalue weighted by molar-refractivity contribution is 5.85. The molecule has 5 nitrogen and oxygen atoms in total. The Morgan fingerprint density at radius 2 is 1.77 bits per heavy atom. The summed E-state index contributed by atoms with van der Waals surface area (Å²) in [6.07, 6.45) is 5.19. The molecule has 0 spiro atoms. The van der Waals surface area contributed by atoms with Crippen LogP contribution in [0.3, 0.4) is 0 Å². The Morgan fingerprint density at radius 1 is 0.923 bits per heavy atom. The summed E-state index contributed by atoms with van der Waals surface area (Å²) in [4.78, 5) is 2.43. The molecule has 2 aromatic carbocycles. The Labute approximate surface area is 154 Å². The minimum atomic E-state index is 0.848. The number of rotatable bonds is 7. The van der Waals surface area contributed by atoms with Crippen molar-refractivity contribution in [3.8, 4) is 0 Å². The third kappa shape index (κ3) is 4.29. The van der Waals surface area contributed by atoms with E-state index in [1.165, 1.54) is 16.3 Å². The number of nitrogens with zero attached hydrogens (tertiary/aromatic N) is 4. The molecule has 0 radical (unpaired) electrons. The Balaban J connectivity index is 1.28. The molecule has 1 fully saturated rings. The second-order valence-electron chi connectivity index (χ2n) is 6.92. The molecule has 0 bridgehead atoms. The number of aromatic nitrogens is 3. The first-order chi connectivity index (χ1) is 12.9. The number of ether oxygens (including phenoxy) is 1. The minimum absolute atomic E-state index is 0.848. The molecule has 2 heterocycles. The Kier molecular flexibility index (Phi) is 5.57. The summed E-state index contributed by atoms with van der Waals surface area (Å²) in [6.45, 7) is 5.70. The van der Waals surface area contributed by atoms with Gasteiger partial charge in [-0.1, -0.05) is 47.7 Å². The molecule has 0 unspecified atom stereocenters. The topological polar surface area (TPSA) is 43.2 Å². The van der Waals surface area contributed by atoms with Crippen LogP contribution in [0.15, 0.2) is 48.7 Å². The van der Waals surface area contributed by atoms with Crippen LogP contribution in [0.25, 0.3) is 10.8 Å². The highest BCUT2D eigenvalue weighted by Crippen LogP contribution is 2.19. The molecular formula is C21H26N4O. The quantitative estimate of drug-likeness (QED) is 0.657. The van der Waals surface area contributed by atoms with E-state index in [1.807, 2.05) is 4.68 Å². The molecule has 0 saturated carbocycles. The monoisotopic (exact) mass is 350 g/mol. The van der Waals surface area contributed by atoms with Gasteiger partial charge in [-0.2, -0.15) is 0 Å². The summed E-state index contributed by atoms with van der Waals surface area (Å²) in [6, 6.07) is 15.2. The number of hydrogen-bond donors (Lipinski definition) is 0. The van der Waals surface area contributed by atoms with Crippen molar-refractivity contribution in [3.05, 3.63) is 59.9 Å². The molecule has 3 aromatic rings. The Morgan fingerprint density at radius 3 is 2.69 bits per heavy atom. The molecule has 1 saturated heterocycles. The van der Waals surface area contributed by atoms with Gasteiger partial charge in [0.15, 0.2) is 0 Å². The van der Waals surface area contributed by atoms with Crippen LogP contribution in [-0.2, 0) is 24.1 Å². The van der Waals surface area contributed by atoms with Gasteiger partial charge in [-0.25, -0.2) is 0 Å². The third-order valence-corrected chi connectivity index (χ3v) is 5.09. The zero-order chi connectivity index (χ0) is 17.6. The van der Waals surface area contributed by atoms with Crippen LogP contribution >= 0.6 is 0 Å². The maximum Gasteiger partial charge on any atom is 0.0839 e. The number of benzene rings is 2. The van der Waals surface area contributed by atoms with Crippen molar-refractivity contribution >= 4 is 10.8 Å². The second-order valence-corrected chi connectivity index (χ2v) is 6.92. The lowest BCUT2D eigenvalue weighted by Crippen LogP contribution is -2.37. The molecule has 136 valence electrons. The lowest BCUT2D eigenvalue weighted by molar-refractivity contribution is 0.0383. The zero-order valence-electron chi connectivity index (χ0n) is 15.2. The fourth-order valence-electron chi connectivity index (χ4n) is 3.60. The van der Waals surface area contributed by atoms with Crippen molar-refractivity contribution in [1.82, 2.24) is 19.9 Å². The Hall–Kier alpha value is -2.24. The second kappa shape index (κ2) is 8.43. The van der Waals surface area contributed by atoms with Crippen LogP contribution < -0.4 is 0 Å². The molecule has 0 atom stereocenters. The first kappa shape index (κ1) is 17.2. The molecule has 26 heavy (non-hydrogen) atoms. The molecular weight excluding hydrogens is 324 g/mol. The van der Waals surface area contributed by atoms with Crippen LogP contribution in [0.2, 0.25) is 0 Å². The van der Waals surface area contributed by atoms with Gasteiger partial charge >= 0.3 is 0 Å². The molecule has 1 aliphatic rings. The zero-order valence-corrected chi connectivity index (χ0v) is 15.2. The van der Waals surface area contributed by atoms with Crippen molar-refractivity contribution in [3.63, 3.8) is 0 Å². The summed E-state index contributed by atoms with van der Waals surface area (Å²) in [7, 11) is 0. The van der Waals surface area contributed by atoms with E-state index in [9.17, 15) is 0 Å². The van der Waals surface area contributed by atoms with Gasteiger partial charge in [0.25, 0.3) is 0 Å². The number of morpholine rings is 1. The van der Waals surface area contributed by atoms with Crippen LogP contribution in [0.4, 0.5) is 0 Å². The van der Waals surface area contributed by atoms with E-state index in [0.717, 1.165) is 64.3 Å². The van der Waals surface area contributed by atoms with Gasteiger partial charge in [0.1, 0.15) is 0 Å². The van der Waals surface area contributed by atoms with Gasteiger partial charge in [0.2, 0.25) is 0 Å². The molecule has 1 aromatic heterocycles. The fraction of sp³-hybridized carbons (Fsp3) is 0.429. The molecule has 0 N–H and O–H groups in total. The summed E-state index contributed by atoms with van der Waals surface area (Å²) in [5.41, 5.74) is 2.50. The summed E-state index contributed by atoms with van der Waals surface area (Å²) in [5, 5.41) is 11.3. The van der Waals surface area contributed by atoms with Gasteiger partial charge in [-0.05, 0) is 29.2 Å². The van der Waals surface area contributed by atoms with E-state index in [4.69, 9.17) is 4.74 Å². The average molecular weight is 350 g/mol. The molecule has 1 aliphatic heterocycles. The van der Waals surface area contributed by atoms with Crippen molar-refractivity contribution in [2.24, 2.45) is 0 Å². The standard InChI is InChI=1S/C21H26N4O/c1-2-9-21-18(5-1)6-3-7-19(21)8-4-11-25-17-20(22-23-25)10-12-24-13-15-26-16-14-24/h1-3,5-7,9,17H,4,8,10-16H2. The number of fused-ring (bicyclic) bond motifs is 1. The lowest BCUT2D eigenvalue weighted by atomic mass is 10.0. The first-order valence-corrected chi connectivity index (χ1v) is 9.54. The van der Waals surface area contributed by atoms with Gasteiger partial charge in [0.05, 0.1) is 18.9 Å². The third-order valence-electron chi connectivity index (χ3n) is 5.09. The first-order valence-electron chi connectivity index (χ1n) is 9.54. The maximum atomic E-state index is 5.39. The maximum absolute atomic E-state index is 5.39. The van der Waals surface area contributed by atoms with E-state index in [1.54, 1.807) is 0 Å². The van der Waals surface area contributed by atoms with Gasteiger partial charge < -0.3 is 4.74 Å². The average Bonchev–Trinajstić information content (AvgIpc) is 3.15. The van der Waals surface area contributed by atoms with Gasteiger partial charge in [-0.3, -0.25) is 9.58 Å². The van der Waals surface area contributed by atoms with Crippen molar-refractivity contribution in [1.29, 1.82) is 0 Å². The predicted octanol–water partition coefficient (Wildman–Crippen LogP) is 2.94. The SMILES string of the molecule is c1ccc2c(CCCn3cc(CCN4CCOCC4)nn3)cccc2c1. The van der Waals surface area contributed by atoms with E-state index < -0.39 is 0 Å². The summed E-state index contributed by atoms with van der Waals surface area (Å²) in [5.74, 6) is 0. The molecule has 5 heteroatoms. The largest absolute Gasteiger partial charge is 0.379 e. The lowest BCUT2D eigenvalue weighted by Gasteiger charge is -2.25. The molecule has 4 rings (SSSR count). The highest BCUT2D eigenvalue weighted by Gasteiger charge is 2.11. The van der Waals surface area contributed by atoms with Crippen LogP contribution in [-0.4, -0.2) is 52.7 Å². The fourth-order valence-corrected chi connectivity index (χ4v) is 3.60. The Bertz CT molecular complexity index is 833. The van der Waals surface area contributed by atoms with Gasteiger partial charge in [0, 0.05) is 38.8 Å². The number of hydrogen-bond acceptors (Lipinski definition) is 4. The van der Waals surface area contributed by atoms with Crippen LogP contribution in [0.1, 0.15) is 17.7 Å². The minimum Gasteiger partial charge on any atom is -0.379 e. The number of aryl methyl sites for hydroxylation is 2. The van der Waals surface area contributed by atoms with E-state index >= 15 is 0 Å². The van der Waals surface area contributed by atoms with Crippen LogP contribution in [0.5, 0.6) is 0 Å². The summed E-state index contributed by atoms with van der Waals surface area (Å²) < 4.78 is 7.38. The molecule has 0 amide bonds. The van der Waals surface area contributed by atoms with E-state index in [-0.39, 0.29) is 0 Å². The van der Waals surface area contributed by atoms with E-state index in [2.05, 4.69) is 63.9 Å². The van der Waals surface area contributed by atoms with Crippen molar-refractivity contribution in [2.45, 2.75) is 25.8 Å². The normalized spacial score (nSPS) is 15.5. The van der Waals surface area contributed by atoms with E-state index in [0.29, 0.717) is 0 Å². The van der Waals surface area contributed by atoms with Gasteiger partial charge in [-0.15, -0.1) is 5.10 Å².